The van der Waals surface area contributed by atoms with Crippen LogP contribution in [-0.4, -0.2) is 26.0 Å². The molecule has 4 rings (SSSR count). The zero-order valence-corrected chi connectivity index (χ0v) is 13.7. The number of pyridine rings is 1. The SMILES string of the molecule is O=C(Oc1ccc(-c2cc(=O)c3nccnc3o2)cc1O)c1cccnc1. The molecule has 0 radical (unpaired) electrons. The molecule has 8 heteroatoms. The summed E-state index contributed by atoms with van der Waals surface area (Å²) in [6, 6.07) is 8.68. The van der Waals surface area contributed by atoms with Gasteiger partial charge in [0.2, 0.25) is 11.1 Å². The van der Waals surface area contributed by atoms with Crippen LogP contribution in [-0.2, 0) is 0 Å². The summed E-state index contributed by atoms with van der Waals surface area (Å²) in [6.07, 6.45) is 5.70. The molecule has 0 fully saturated rings. The lowest BCUT2D eigenvalue weighted by atomic mass is 10.1. The van der Waals surface area contributed by atoms with Crippen molar-refractivity contribution in [2.24, 2.45) is 0 Å². The van der Waals surface area contributed by atoms with Crippen molar-refractivity contribution in [2.75, 3.05) is 0 Å². The van der Waals surface area contributed by atoms with Gasteiger partial charge in [0.25, 0.3) is 0 Å². The van der Waals surface area contributed by atoms with E-state index in [1.807, 2.05) is 0 Å². The summed E-state index contributed by atoms with van der Waals surface area (Å²) in [6.45, 7) is 0. The third kappa shape index (κ3) is 3.23. The van der Waals surface area contributed by atoms with Crippen LogP contribution in [0.2, 0.25) is 0 Å². The van der Waals surface area contributed by atoms with E-state index in [9.17, 15) is 14.7 Å². The lowest BCUT2D eigenvalue weighted by Gasteiger charge is -2.08. The molecule has 0 unspecified atom stereocenters. The molecule has 132 valence electrons. The van der Waals surface area contributed by atoms with Crippen LogP contribution in [0, 0.1) is 0 Å². The number of hydrogen-bond acceptors (Lipinski definition) is 8. The molecule has 1 aromatic carbocycles. The van der Waals surface area contributed by atoms with Crippen molar-refractivity contribution in [3.63, 3.8) is 0 Å². The Morgan fingerprint density at radius 2 is 1.93 bits per heavy atom. The molecule has 0 bridgehead atoms. The van der Waals surface area contributed by atoms with Crippen molar-refractivity contribution in [1.82, 2.24) is 15.0 Å². The van der Waals surface area contributed by atoms with Gasteiger partial charge in [-0.2, -0.15) is 0 Å². The molecular formula is C19H11N3O5. The van der Waals surface area contributed by atoms with Crippen molar-refractivity contribution in [1.29, 1.82) is 0 Å². The first kappa shape index (κ1) is 16.4. The van der Waals surface area contributed by atoms with Crippen LogP contribution < -0.4 is 10.2 Å². The summed E-state index contributed by atoms with van der Waals surface area (Å²) in [5.41, 5.74) is 0.517. The minimum atomic E-state index is -0.654. The summed E-state index contributed by atoms with van der Waals surface area (Å²) >= 11 is 0. The molecule has 3 aromatic heterocycles. The summed E-state index contributed by atoms with van der Waals surface area (Å²) < 4.78 is 10.7. The van der Waals surface area contributed by atoms with E-state index in [1.165, 1.54) is 43.0 Å². The zero-order chi connectivity index (χ0) is 18.8. The topological polar surface area (TPSA) is 115 Å². The van der Waals surface area contributed by atoms with Crippen LogP contribution in [0.25, 0.3) is 22.6 Å². The standard InChI is InChI=1S/C19H11N3O5/c23-13-8-11(16-9-14(24)17-18(26-16)22-7-6-21-17)3-4-15(13)27-19(25)12-2-1-5-20-10-12/h1-10,23H. The molecule has 1 N–H and O–H groups in total. The average molecular weight is 361 g/mol. The molecule has 0 saturated heterocycles. The van der Waals surface area contributed by atoms with Crippen molar-refractivity contribution < 1.29 is 19.1 Å². The smallest absolute Gasteiger partial charge is 0.345 e. The molecular weight excluding hydrogens is 350 g/mol. The second kappa shape index (κ2) is 6.68. The van der Waals surface area contributed by atoms with Crippen LogP contribution in [0.15, 0.2) is 70.4 Å². The highest BCUT2D eigenvalue weighted by Gasteiger charge is 2.14. The molecule has 8 nitrogen and oxygen atoms in total. The Kier molecular flexibility index (Phi) is 4.06. The Hall–Kier alpha value is -4.07. The highest BCUT2D eigenvalue weighted by molar-refractivity contribution is 5.91. The predicted octanol–water partition coefficient (Wildman–Crippen LogP) is 2.57. The number of fused-ring (bicyclic) bond motifs is 1. The van der Waals surface area contributed by atoms with Crippen molar-refractivity contribution >= 4 is 17.2 Å². The molecule has 0 atom stereocenters. The third-order valence-electron chi connectivity index (χ3n) is 3.71. The first-order valence-electron chi connectivity index (χ1n) is 7.82. The Morgan fingerprint density at radius 1 is 1.07 bits per heavy atom. The number of esters is 1. The first-order chi connectivity index (χ1) is 13.1. The molecule has 0 saturated carbocycles. The number of rotatable bonds is 3. The fraction of sp³-hybridized carbons (Fsp3) is 0. The Morgan fingerprint density at radius 3 is 2.70 bits per heavy atom. The van der Waals surface area contributed by atoms with E-state index in [0.717, 1.165) is 0 Å². The quantitative estimate of drug-likeness (QED) is 0.437. The number of hydrogen-bond donors (Lipinski definition) is 1. The van der Waals surface area contributed by atoms with E-state index >= 15 is 0 Å². The maximum absolute atomic E-state index is 12.1. The maximum atomic E-state index is 12.1. The lowest BCUT2D eigenvalue weighted by molar-refractivity contribution is 0.0729. The van der Waals surface area contributed by atoms with Gasteiger partial charge in [0, 0.05) is 36.4 Å². The number of aromatic hydroxyl groups is 1. The normalized spacial score (nSPS) is 10.7. The van der Waals surface area contributed by atoms with Gasteiger partial charge in [0.15, 0.2) is 17.0 Å². The van der Waals surface area contributed by atoms with Gasteiger partial charge in [0.05, 0.1) is 5.56 Å². The Labute approximate surface area is 151 Å². The third-order valence-corrected chi connectivity index (χ3v) is 3.71. The number of nitrogens with zero attached hydrogens (tertiary/aromatic N) is 3. The van der Waals surface area contributed by atoms with Crippen molar-refractivity contribution in [2.45, 2.75) is 0 Å². The van der Waals surface area contributed by atoms with Crippen molar-refractivity contribution in [3.8, 4) is 22.8 Å². The Bertz CT molecular complexity index is 1200. The summed E-state index contributed by atoms with van der Waals surface area (Å²) in [4.78, 5) is 35.9. The van der Waals surface area contributed by atoms with E-state index in [0.29, 0.717) is 5.56 Å². The van der Waals surface area contributed by atoms with Crippen LogP contribution >= 0.6 is 0 Å². The Balaban J connectivity index is 1.66. The average Bonchev–Trinajstić information content (AvgIpc) is 2.70. The van der Waals surface area contributed by atoms with Gasteiger partial charge >= 0.3 is 5.97 Å². The molecule has 27 heavy (non-hydrogen) atoms. The maximum Gasteiger partial charge on any atom is 0.345 e. The molecule has 3 heterocycles. The molecule has 0 aliphatic heterocycles. The fourth-order valence-electron chi connectivity index (χ4n) is 2.43. The number of ether oxygens (including phenoxy) is 1. The van der Waals surface area contributed by atoms with Gasteiger partial charge in [-0.3, -0.25) is 9.78 Å². The predicted molar refractivity (Wildman–Crippen MR) is 94.4 cm³/mol. The molecule has 0 aliphatic rings. The van der Waals surface area contributed by atoms with E-state index in [1.54, 1.807) is 18.2 Å². The summed E-state index contributed by atoms with van der Waals surface area (Å²) in [7, 11) is 0. The minimum Gasteiger partial charge on any atom is -0.504 e. The zero-order valence-electron chi connectivity index (χ0n) is 13.7. The second-order valence-electron chi connectivity index (χ2n) is 5.50. The summed E-state index contributed by atoms with van der Waals surface area (Å²) in [5, 5.41) is 10.2. The molecule has 0 spiro atoms. The van der Waals surface area contributed by atoms with Crippen LogP contribution in [0.3, 0.4) is 0 Å². The van der Waals surface area contributed by atoms with Gasteiger partial charge in [0.1, 0.15) is 5.76 Å². The number of benzene rings is 1. The van der Waals surface area contributed by atoms with Crippen LogP contribution in [0.5, 0.6) is 11.5 Å². The number of phenolic OH excluding ortho intramolecular Hbond substituents is 1. The highest BCUT2D eigenvalue weighted by Crippen LogP contribution is 2.32. The van der Waals surface area contributed by atoms with Gasteiger partial charge < -0.3 is 14.3 Å². The van der Waals surface area contributed by atoms with Gasteiger partial charge in [-0.25, -0.2) is 14.8 Å². The van der Waals surface area contributed by atoms with Crippen molar-refractivity contribution in [3.05, 3.63) is 77.0 Å². The number of carbonyl (C=O) groups excluding carboxylic acids is 1. The van der Waals surface area contributed by atoms with E-state index in [-0.39, 0.29) is 39.5 Å². The summed E-state index contributed by atoms with van der Waals surface area (Å²) in [5.74, 6) is -0.769. The highest BCUT2D eigenvalue weighted by atomic mass is 16.5. The molecule has 4 aromatic rings. The monoisotopic (exact) mass is 361 g/mol. The number of phenols is 1. The fourth-order valence-corrected chi connectivity index (χ4v) is 2.43. The first-order valence-corrected chi connectivity index (χ1v) is 7.82. The van der Waals surface area contributed by atoms with Crippen LogP contribution in [0.4, 0.5) is 0 Å². The van der Waals surface area contributed by atoms with Gasteiger partial charge in [-0.15, -0.1) is 0 Å². The lowest BCUT2D eigenvalue weighted by Crippen LogP contribution is -2.08. The minimum absolute atomic E-state index is 0.0319. The van der Waals surface area contributed by atoms with Crippen LogP contribution in [0.1, 0.15) is 10.4 Å². The molecule has 0 aliphatic carbocycles. The van der Waals surface area contributed by atoms with E-state index in [4.69, 9.17) is 9.15 Å². The van der Waals surface area contributed by atoms with Gasteiger partial charge in [-0.1, -0.05) is 0 Å². The molecule has 0 amide bonds. The van der Waals surface area contributed by atoms with E-state index < -0.39 is 5.97 Å². The van der Waals surface area contributed by atoms with Gasteiger partial charge in [-0.05, 0) is 30.3 Å². The largest absolute Gasteiger partial charge is 0.504 e. The number of aromatic nitrogens is 3. The number of carbonyl (C=O) groups is 1. The van der Waals surface area contributed by atoms with E-state index in [2.05, 4.69) is 15.0 Å². The second-order valence-corrected chi connectivity index (χ2v) is 5.50.